The molecule has 26 heavy (non-hydrogen) atoms. The molecule has 1 aliphatic carbocycles. The SMILES string of the molecule is Cc1nc2ccccn2c1C(=O)N1CCCN(CC2CC2)[C@@H](C(C)C)C1. The van der Waals surface area contributed by atoms with Gasteiger partial charge in [-0.05, 0) is 50.2 Å². The molecular formula is C21H30N4O. The molecule has 5 heteroatoms. The van der Waals surface area contributed by atoms with E-state index in [2.05, 4.69) is 28.6 Å². The molecule has 1 saturated heterocycles. The van der Waals surface area contributed by atoms with Gasteiger partial charge in [-0.3, -0.25) is 14.1 Å². The van der Waals surface area contributed by atoms with E-state index in [0.29, 0.717) is 12.0 Å². The van der Waals surface area contributed by atoms with E-state index in [1.807, 2.05) is 35.7 Å². The van der Waals surface area contributed by atoms with Gasteiger partial charge in [-0.1, -0.05) is 19.9 Å². The van der Waals surface area contributed by atoms with Gasteiger partial charge in [0.1, 0.15) is 11.3 Å². The summed E-state index contributed by atoms with van der Waals surface area (Å²) >= 11 is 0. The summed E-state index contributed by atoms with van der Waals surface area (Å²) in [4.78, 5) is 22.7. The topological polar surface area (TPSA) is 40.9 Å². The van der Waals surface area contributed by atoms with Crippen molar-refractivity contribution in [3.63, 3.8) is 0 Å². The maximum absolute atomic E-state index is 13.4. The van der Waals surface area contributed by atoms with Crippen molar-refractivity contribution in [3.05, 3.63) is 35.8 Å². The fourth-order valence-corrected chi connectivity index (χ4v) is 4.26. The first-order chi connectivity index (χ1) is 12.5. The van der Waals surface area contributed by atoms with Gasteiger partial charge in [-0.25, -0.2) is 4.98 Å². The van der Waals surface area contributed by atoms with Crippen LogP contribution in [0.5, 0.6) is 0 Å². The highest BCUT2D eigenvalue weighted by atomic mass is 16.2. The Morgan fingerprint density at radius 2 is 2.08 bits per heavy atom. The van der Waals surface area contributed by atoms with Crippen LogP contribution in [0.1, 0.15) is 49.3 Å². The number of rotatable bonds is 4. The van der Waals surface area contributed by atoms with E-state index in [1.165, 1.54) is 19.4 Å². The second-order valence-corrected chi connectivity index (χ2v) is 8.33. The van der Waals surface area contributed by atoms with Crippen LogP contribution in [0.2, 0.25) is 0 Å². The highest BCUT2D eigenvalue weighted by Crippen LogP contribution is 2.32. The zero-order valence-corrected chi connectivity index (χ0v) is 16.2. The number of hydrogen-bond donors (Lipinski definition) is 0. The Balaban J connectivity index is 1.59. The molecule has 0 N–H and O–H groups in total. The van der Waals surface area contributed by atoms with Crippen molar-refractivity contribution < 1.29 is 4.79 Å². The van der Waals surface area contributed by atoms with Crippen molar-refractivity contribution in [2.24, 2.45) is 11.8 Å². The first kappa shape index (κ1) is 17.5. The van der Waals surface area contributed by atoms with Crippen molar-refractivity contribution in [2.45, 2.75) is 46.1 Å². The molecule has 2 aromatic rings. The van der Waals surface area contributed by atoms with Crippen LogP contribution >= 0.6 is 0 Å². The molecule has 2 aliphatic rings. The second-order valence-electron chi connectivity index (χ2n) is 8.33. The van der Waals surface area contributed by atoms with Crippen molar-refractivity contribution in [3.8, 4) is 0 Å². The third-order valence-corrected chi connectivity index (χ3v) is 5.90. The number of imidazole rings is 1. The average molecular weight is 354 g/mol. The van der Waals surface area contributed by atoms with E-state index in [-0.39, 0.29) is 5.91 Å². The molecule has 0 aromatic carbocycles. The quantitative estimate of drug-likeness (QED) is 0.846. The van der Waals surface area contributed by atoms with Gasteiger partial charge in [0, 0.05) is 38.4 Å². The number of pyridine rings is 1. The monoisotopic (exact) mass is 354 g/mol. The highest BCUT2D eigenvalue weighted by molar-refractivity contribution is 5.94. The van der Waals surface area contributed by atoms with E-state index < -0.39 is 0 Å². The number of aromatic nitrogens is 2. The Morgan fingerprint density at radius 1 is 1.27 bits per heavy atom. The summed E-state index contributed by atoms with van der Waals surface area (Å²) in [5.41, 5.74) is 2.39. The minimum absolute atomic E-state index is 0.125. The van der Waals surface area contributed by atoms with Crippen LogP contribution in [0.25, 0.3) is 5.65 Å². The second kappa shape index (κ2) is 7.03. The van der Waals surface area contributed by atoms with Crippen LogP contribution in [0.3, 0.4) is 0 Å². The Labute approximate surface area is 156 Å². The Kier molecular flexibility index (Phi) is 4.74. The van der Waals surface area contributed by atoms with Crippen molar-refractivity contribution in [1.82, 2.24) is 19.2 Å². The van der Waals surface area contributed by atoms with Gasteiger partial charge < -0.3 is 4.90 Å². The van der Waals surface area contributed by atoms with Gasteiger partial charge >= 0.3 is 0 Å². The fourth-order valence-electron chi connectivity index (χ4n) is 4.26. The largest absolute Gasteiger partial charge is 0.336 e. The molecule has 1 amide bonds. The summed E-state index contributed by atoms with van der Waals surface area (Å²) < 4.78 is 1.94. The molecule has 0 spiro atoms. The van der Waals surface area contributed by atoms with Gasteiger partial charge in [0.25, 0.3) is 5.91 Å². The molecular weight excluding hydrogens is 324 g/mol. The van der Waals surface area contributed by atoms with Crippen LogP contribution in [-0.4, -0.2) is 57.3 Å². The lowest BCUT2D eigenvalue weighted by molar-refractivity contribution is 0.0697. The molecule has 0 unspecified atom stereocenters. The molecule has 4 rings (SSSR count). The van der Waals surface area contributed by atoms with Gasteiger partial charge in [-0.15, -0.1) is 0 Å². The summed E-state index contributed by atoms with van der Waals surface area (Å²) in [6.07, 6.45) is 5.76. The molecule has 1 atom stereocenters. The third kappa shape index (κ3) is 3.37. The minimum Gasteiger partial charge on any atom is -0.336 e. The fraction of sp³-hybridized carbons (Fsp3) is 0.619. The van der Waals surface area contributed by atoms with E-state index in [9.17, 15) is 4.79 Å². The molecule has 2 fully saturated rings. The van der Waals surface area contributed by atoms with Crippen molar-refractivity contribution in [1.29, 1.82) is 0 Å². The molecule has 2 aromatic heterocycles. The highest BCUT2D eigenvalue weighted by Gasteiger charge is 2.34. The van der Waals surface area contributed by atoms with Crippen molar-refractivity contribution in [2.75, 3.05) is 26.2 Å². The number of nitrogens with zero attached hydrogens (tertiary/aromatic N) is 4. The van der Waals surface area contributed by atoms with Crippen LogP contribution in [0, 0.1) is 18.8 Å². The summed E-state index contributed by atoms with van der Waals surface area (Å²) in [6.45, 7) is 10.5. The molecule has 0 bridgehead atoms. The summed E-state index contributed by atoms with van der Waals surface area (Å²) in [7, 11) is 0. The zero-order valence-electron chi connectivity index (χ0n) is 16.2. The number of amides is 1. The number of carbonyl (C=O) groups is 1. The molecule has 1 saturated carbocycles. The lowest BCUT2D eigenvalue weighted by Gasteiger charge is -2.34. The number of hydrogen-bond acceptors (Lipinski definition) is 3. The van der Waals surface area contributed by atoms with E-state index in [1.54, 1.807) is 0 Å². The summed E-state index contributed by atoms with van der Waals surface area (Å²) in [5.74, 6) is 1.56. The lowest BCUT2D eigenvalue weighted by Crippen LogP contribution is -2.46. The molecule has 0 radical (unpaired) electrons. The van der Waals surface area contributed by atoms with Gasteiger partial charge in [0.2, 0.25) is 0 Å². The van der Waals surface area contributed by atoms with Crippen LogP contribution in [-0.2, 0) is 0 Å². The number of fused-ring (bicyclic) bond motifs is 1. The van der Waals surface area contributed by atoms with Crippen LogP contribution < -0.4 is 0 Å². The van der Waals surface area contributed by atoms with Crippen molar-refractivity contribution >= 4 is 11.6 Å². The third-order valence-electron chi connectivity index (χ3n) is 5.90. The average Bonchev–Trinajstić information content (AvgIpc) is 3.39. The zero-order chi connectivity index (χ0) is 18.3. The Hall–Kier alpha value is -1.88. The lowest BCUT2D eigenvalue weighted by atomic mass is 10.0. The summed E-state index contributed by atoms with van der Waals surface area (Å²) in [5, 5.41) is 0. The predicted octanol–water partition coefficient (Wildman–Crippen LogP) is 3.23. The van der Waals surface area contributed by atoms with Gasteiger partial charge in [0.05, 0.1) is 5.69 Å². The van der Waals surface area contributed by atoms with Crippen LogP contribution in [0.15, 0.2) is 24.4 Å². The van der Waals surface area contributed by atoms with Gasteiger partial charge in [-0.2, -0.15) is 0 Å². The smallest absolute Gasteiger partial charge is 0.272 e. The van der Waals surface area contributed by atoms with E-state index in [0.717, 1.165) is 49.0 Å². The first-order valence-electron chi connectivity index (χ1n) is 10.0. The number of aryl methyl sites for hydroxylation is 1. The maximum atomic E-state index is 13.4. The molecule has 1 aliphatic heterocycles. The van der Waals surface area contributed by atoms with Gasteiger partial charge in [0.15, 0.2) is 0 Å². The molecule has 3 heterocycles. The maximum Gasteiger partial charge on any atom is 0.272 e. The summed E-state index contributed by atoms with van der Waals surface area (Å²) in [6, 6.07) is 6.33. The van der Waals surface area contributed by atoms with E-state index in [4.69, 9.17) is 0 Å². The molecule has 5 nitrogen and oxygen atoms in total. The minimum atomic E-state index is 0.125. The predicted molar refractivity (Wildman–Crippen MR) is 103 cm³/mol. The van der Waals surface area contributed by atoms with E-state index >= 15 is 0 Å². The normalized spacial score (nSPS) is 22.2. The standard InChI is InChI=1S/C21H30N4O/c1-15(2)18-14-24(11-6-10-23(18)13-17-8-9-17)21(26)20-16(3)22-19-7-4-5-12-25(19)20/h4-5,7,12,15,17-18H,6,8-11,13-14H2,1-3H3/t18-/m1/s1. The Bertz CT molecular complexity index is 792. The Morgan fingerprint density at radius 3 is 2.81 bits per heavy atom. The molecule has 140 valence electrons. The number of carbonyl (C=O) groups excluding carboxylic acids is 1. The first-order valence-corrected chi connectivity index (χ1v) is 10.0. The van der Waals surface area contributed by atoms with Crippen LogP contribution in [0.4, 0.5) is 0 Å².